The molecule has 2 rings (SSSR count). The van der Waals surface area contributed by atoms with Gasteiger partial charge in [0, 0.05) is 30.9 Å². The van der Waals surface area contributed by atoms with Crippen LogP contribution in [0.4, 0.5) is 5.69 Å². The predicted molar refractivity (Wildman–Crippen MR) is 83.8 cm³/mol. The number of para-hydroxylation sites is 1. The molecule has 1 saturated carbocycles. The fraction of sp³-hybridized carbons (Fsp3) is 0.647. The zero-order chi connectivity index (χ0) is 13.5. The molecule has 0 radical (unpaired) electrons. The van der Waals surface area contributed by atoms with Gasteiger partial charge in [-0.2, -0.15) is 0 Å². The lowest BCUT2D eigenvalue weighted by Gasteiger charge is -2.33. The van der Waals surface area contributed by atoms with Crippen molar-refractivity contribution in [2.75, 3.05) is 18.0 Å². The Hall–Kier alpha value is -1.02. The average molecular weight is 260 g/mol. The molecule has 0 saturated heterocycles. The van der Waals surface area contributed by atoms with Gasteiger partial charge in [0.25, 0.3) is 0 Å². The Kier molecular flexibility index (Phi) is 5.71. The van der Waals surface area contributed by atoms with Crippen LogP contribution in [-0.2, 0) is 0 Å². The van der Waals surface area contributed by atoms with E-state index in [1.807, 2.05) is 0 Å². The fourth-order valence-corrected chi connectivity index (χ4v) is 2.54. The largest absolute Gasteiger partial charge is 0.367 e. The van der Waals surface area contributed by atoms with Crippen LogP contribution in [0.3, 0.4) is 0 Å². The Bertz CT molecular complexity index is 346. The zero-order valence-corrected chi connectivity index (χ0v) is 12.4. The maximum atomic E-state index is 3.69. The van der Waals surface area contributed by atoms with Crippen LogP contribution in [0.25, 0.3) is 0 Å². The Morgan fingerprint density at radius 2 is 1.95 bits per heavy atom. The van der Waals surface area contributed by atoms with Gasteiger partial charge >= 0.3 is 0 Å². The Balaban J connectivity index is 2.00. The lowest BCUT2D eigenvalue weighted by atomic mass is 10.1. The molecule has 1 aliphatic rings. The van der Waals surface area contributed by atoms with Gasteiger partial charge in [0.05, 0.1) is 0 Å². The summed E-state index contributed by atoms with van der Waals surface area (Å²) in [4.78, 5) is 2.60. The maximum absolute atomic E-state index is 3.69. The zero-order valence-electron chi connectivity index (χ0n) is 12.4. The van der Waals surface area contributed by atoms with Crippen LogP contribution in [-0.4, -0.2) is 25.2 Å². The minimum Gasteiger partial charge on any atom is -0.367 e. The van der Waals surface area contributed by atoms with Crippen molar-refractivity contribution >= 4 is 5.69 Å². The molecule has 1 aromatic rings. The summed E-state index contributed by atoms with van der Waals surface area (Å²) in [6.07, 6.45) is 6.48. The Morgan fingerprint density at radius 3 is 2.53 bits per heavy atom. The summed E-state index contributed by atoms with van der Waals surface area (Å²) in [6, 6.07) is 12.3. The molecule has 1 aromatic carbocycles. The molecule has 1 fully saturated rings. The molecule has 1 atom stereocenters. The van der Waals surface area contributed by atoms with Crippen LogP contribution in [0.2, 0.25) is 0 Å². The monoisotopic (exact) mass is 260 g/mol. The summed E-state index contributed by atoms with van der Waals surface area (Å²) in [7, 11) is 0. The van der Waals surface area contributed by atoms with Crippen LogP contribution in [0, 0.1) is 0 Å². The minimum atomic E-state index is 0.620. The quantitative estimate of drug-likeness (QED) is 0.726. The van der Waals surface area contributed by atoms with Crippen LogP contribution >= 0.6 is 0 Å². The third-order valence-corrected chi connectivity index (χ3v) is 3.97. The van der Waals surface area contributed by atoms with Gasteiger partial charge in [-0.1, -0.05) is 38.5 Å². The van der Waals surface area contributed by atoms with Gasteiger partial charge in [0.15, 0.2) is 0 Å². The number of benzene rings is 1. The van der Waals surface area contributed by atoms with E-state index in [2.05, 4.69) is 54.4 Å². The Morgan fingerprint density at radius 1 is 1.21 bits per heavy atom. The standard InChI is InChI=1S/C17H28N2/c1-3-5-13-19(17-9-7-6-8-10-17)16(4-2)14-18-15-11-12-15/h6-10,15-16,18H,3-5,11-14H2,1-2H3. The van der Waals surface area contributed by atoms with E-state index in [4.69, 9.17) is 0 Å². The first-order valence-corrected chi connectivity index (χ1v) is 7.90. The summed E-state index contributed by atoms with van der Waals surface area (Å²) >= 11 is 0. The molecule has 0 aromatic heterocycles. The molecule has 1 aliphatic carbocycles. The fourth-order valence-electron chi connectivity index (χ4n) is 2.54. The van der Waals surface area contributed by atoms with E-state index < -0.39 is 0 Å². The number of hydrogen-bond acceptors (Lipinski definition) is 2. The van der Waals surface area contributed by atoms with Crippen molar-refractivity contribution in [3.63, 3.8) is 0 Å². The summed E-state index contributed by atoms with van der Waals surface area (Å²) in [5.41, 5.74) is 1.38. The molecule has 1 unspecified atom stereocenters. The van der Waals surface area contributed by atoms with E-state index in [0.717, 1.165) is 12.6 Å². The van der Waals surface area contributed by atoms with Crippen LogP contribution in [0.5, 0.6) is 0 Å². The number of hydrogen-bond donors (Lipinski definition) is 1. The lowest BCUT2D eigenvalue weighted by molar-refractivity contribution is 0.509. The van der Waals surface area contributed by atoms with Crippen molar-refractivity contribution in [2.24, 2.45) is 0 Å². The van der Waals surface area contributed by atoms with E-state index in [0.29, 0.717) is 6.04 Å². The molecule has 2 heteroatoms. The first kappa shape index (κ1) is 14.4. The first-order valence-electron chi connectivity index (χ1n) is 7.90. The molecular weight excluding hydrogens is 232 g/mol. The predicted octanol–water partition coefficient (Wildman–Crippen LogP) is 3.82. The van der Waals surface area contributed by atoms with Gasteiger partial charge < -0.3 is 10.2 Å². The number of rotatable bonds is 9. The topological polar surface area (TPSA) is 15.3 Å². The summed E-state index contributed by atoms with van der Waals surface area (Å²) in [5, 5.41) is 3.69. The van der Waals surface area contributed by atoms with Gasteiger partial charge in [-0.05, 0) is 37.8 Å². The van der Waals surface area contributed by atoms with E-state index in [-0.39, 0.29) is 0 Å². The second-order valence-corrected chi connectivity index (χ2v) is 5.63. The molecule has 0 bridgehead atoms. The summed E-state index contributed by atoms with van der Waals surface area (Å²) in [6.45, 7) is 6.87. The maximum Gasteiger partial charge on any atom is 0.0412 e. The minimum absolute atomic E-state index is 0.620. The summed E-state index contributed by atoms with van der Waals surface area (Å²) < 4.78 is 0. The van der Waals surface area contributed by atoms with Crippen molar-refractivity contribution in [2.45, 2.75) is 58.0 Å². The van der Waals surface area contributed by atoms with Crippen molar-refractivity contribution in [3.05, 3.63) is 30.3 Å². The SMILES string of the molecule is CCCCN(c1ccccc1)C(CC)CNC1CC1. The second-order valence-electron chi connectivity index (χ2n) is 5.63. The third-order valence-electron chi connectivity index (χ3n) is 3.97. The van der Waals surface area contributed by atoms with Gasteiger partial charge in [-0.25, -0.2) is 0 Å². The highest BCUT2D eigenvalue weighted by Crippen LogP contribution is 2.22. The highest BCUT2D eigenvalue weighted by Gasteiger charge is 2.23. The molecule has 0 spiro atoms. The van der Waals surface area contributed by atoms with Gasteiger partial charge in [0.1, 0.15) is 0 Å². The smallest absolute Gasteiger partial charge is 0.0412 e. The molecular formula is C17H28N2. The highest BCUT2D eigenvalue weighted by atomic mass is 15.2. The second kappa shape index (κ2) is 7.54. The molecule has 19 heavy (non-hydrogen) atoms. The number of unbranched alkanes of at least 4 members (excludes halogenated alkanes) is 1. The van der Waals surface area contributed by atoms with Gasteiger partial charge in [0.2, 0.25) is 0 Å². The molecule has 106 valence electrons. The number of nitrogens with one attached hydrogen (secondary N) is 1. The first-order chi connectivity index (χ1) is 9.35. The van der Waals surface area contributed by atoms with Crippen molar-refractivity contribution < 1.29 is 0 Å². The van der Waals surface area contributed by atoms with E-state index >= 15 is 0 Å². The molecule has 1 N–H and O–H groups in total. The van der Waals surface area contributed by atoms with E-state index in [1.54, 1.807) is 0 Å². The molecule has 2 nitrogen and oxygen atoms in total. The van der Waals surface area contributed by atoms with Crippen molar-refractivity contribution in [1.29, 1.82) is 0 Å². The summed E-state index contributed by atoms with van der Waals surface area (Å²) in [5.74, 6) is 0. The molecule has 0 heterocycles. The van der Waals surface area contributed by atoms with Gasteiger partial charge in [-0.15, -0.1) is 0 Å². The third kappa shape index (κ3) is 4.54. The van der Waals surface area contributed by atoms with Crippen LogP contribution < -0.4 is 10.2 Å². The van der Waals surface area contributed by atoms with Gasteiger partial charge in [-0.3, -0.25) is 0 Å². The van der Waals surface area contributed by atoms with Crippen molar-refractivity contribution in [1.82, 2.24) is 5.32 Å². The average Bonchev–Trinajstić information content (AvgIpc) is 3.27. The van der Waals surface area contributed by atoms with E-state index in [9.17, 15) is 0 Å². The molecule has 0 amide bonds. The van der Waals surface area contributed by atoms with E-state index in [1.165, 1.54) is 44.3 Å². The number of nitrogens with zero attached hydrogens (tertiary/aromatic N) is 1. The normalized spacial score (nSPS) is 16.3. The lowest BCUT2D eigenvalue weighted by Crippen LogP contribution is -2.43. The Labute approximate surface area is 118 Å². The van der Waals surface area contributed by atoms with Crippen LogP contribution in [0.15, 0.2) is 30.3 Å². The number of anilines is 1. The molecule has 0 aliphatic heterocycles. The highest BCUT2D eigenvalue weighted by molar-refractivity contribution is 5.47. The van der Waals surface area contributed by atoms with Crippen LogP contribution in [0.1, 0.15) is 46.0 Å². The van der Waals surface area contributed by atoms with Crippen molar-refractivity contribution in [3.8, 4) is 0 Å².